The van der Waals surface area contributed by atoms with Gasteiger partial charge in [-0.3, -0.25) is 9.59 Å². The maximum atomic E-state index is 11.0. The number of aliphatic hydroxyl groups excluding tert-OH is 1. The topological polar surface area (TPSA) is 130 Å². The van der Waals surface area contributed by atoms with E-state index in [-0.39, 0.29) is 17.7 Å². The lowest BCUT2D eigenvalue weighted by Gasteiger charge is -2.03. The van der Waals surface area contributed by atoms with Gasteiger partial charge < -0.3 is 20.5 Å². The highest BCUT2D eigenvalue weighted by Gasteiger charge is 2.19. The van der Waals surface area contributed by atoms with E-state index in [4.69, 9.17) is 15.9 Å². The number of carboxylic acids is 1. The van der Waals surface area contributed by atoms with Gasteiger partial charge in [0.15, 0.2) is 5.76 Å². The number of carboxylic acid groups (broad SMARTS) is 1. The number of rotatable bonds is 4. The summed E-state index contributed by atoms with van der Waals surface area (Å²) in [6.07, 6.45) is -0.170. The molecule has 0 amide bonds. The molecule has 0 aliphatic heterocycles. The van der Waals surface area contributed by atoms with Crippen LogP contribution in [0.1, 0.15) is 11.3 Å². The molecule has 1 heterocycles. The van der Waals surface area contributed by atoms with Crippen LogP contribution in [0.25, 0.3) is 0 Å². The number of carbonyl (C=O) groups is 1. The molecule has 7 heteroatoms. The maximum absolute atomic E-state index is 11.0. The third-order valence-corrected chi connectivity index (χ3v) is 1.76. The van der Waals surface area contributed by atoms with Gasteiger partial charge in [0.25, 0.3) is 5.56 Å². The van der Waals surface area contributed by atoms with Gasteiger partial charge in [0.2, 0.25) is 0 Å². The smallest absolute Gasteiger partial charge is 0.320 e. The fourth-order valence-corrected chi connectivity index (χ4v) is 0.999. The minimum absolute atomic E-state index is 0.0201. The summed E-state index contributed by atoms with van der Waals surface area (Å²) in [5.74, 6) is -1.19. The number of aliphatic carboxylic acids is 1. The molecule has 1 atom stereocenters. The summed E-state index contributed by atoms with van der Waals surface area (Å²) in [4.78, 5) is 21.5. The molecule has 1 aromatic rings. The molecular weight excluding hydrogens is 192 g/mol. The van der Waals surface area contributed by atoms with Crippen LogP contribution >= 0.6 is 0 Å². The summed E-state index contributed by atoms with van der Waals surface area (Å²) in [6.45, 7) is -0.472. The average Bonchev–Trinajstić information content (AvgIpc) is 2.47. The van der Waals surface area contributed by atoms with Crippen LogP contribution in [0.3, 0.4) is 0 Å². The van der Waals surface area contributed by atoms with Crippen molar-refractivity contribution in [2.45, 2.75) is 19.1 Å². The lowest BCUT2D eigenvalue weighted by molar-refractivity contribution is -0.138. The lowest BCUT2D eigenvalue weighted by atomic mass is 10.1. The van der Waals surface area contributed by atoms with Crippen LogP contribution in [0.15, 0.2) is 9.32 Å². The molecule has 0 unspecified atom stereocenters. The number of hydrogen-bond acceptors (Lipinski definition) is 5. The van der Waals surface area contributed by atoms with Crippen molar-refractivity contribution in [2.24, 2.45) is 5.73 Å². The Morgan fingerprint density at radius 2 is 2.29 bits per heavy atom. The molecule has 0 radical (unpaired) electrons. The zero-order valence-electron chi connectivity index (χ0n) is 7.19. The van der Waals surface area contributed by atoms with E-state index in [2.05, 4.69) is 4.52 Å². The molecule has 7 nitrogen and oxygen atoms in total. The van der Waals surface area contributed by atoms with Crippen LogP contribution in [-0.4, -0.2) is 27.4 Å². The Hall–Kier alpha value is -1.60. The predicted octanol–water partition coefficient (Wildman–Crippen LogP) is -1.59. The SMILES string of the molecule is N[C@H](Cc1c(CO)o[nH]c1=O)C(=O)O. The van der Waals surface area contributed by atoms with E-state index < -0.39 is 24.2 Å². The fourth-order valence-electron chi connectivity index (χ4n) is 0.999. The van der Waals surface area contributed by atoms with Crippen LogP contribution in [0.5, 0.6) is 0 Å². The van der Waals surface area contributed by atoms with Crippen LogP contribution < -0.4 is 11.3 Å². The summed E-state index contributed by atoms with van der Waals surface area (Å²) in [7, 11) is 0. The van der Waals surface area contributed by atoms with Crippen molar-refractivity contribution < 1.29 is 19.5 Å². The Morgan fingerprint density at radius 1 is 1.64 bits per heavy atom. The van der Waals surface area contributed by atoms with Gasteiger partial charge in [0.1, 0.15) is 12.6 Å². The molecule has 78 valence electrons. The first-order chi connectivity index (χ1) is 6.56. The molecule has 0 saturated heterocycles. The molecule has 0 aliphatic rings. The van der Waals surface area contributed by atoms with E-state index in [1.165, 1.54) is 0 Å². The van der Waals surface area contributed by atoms with Gasteiger partial charge in [-0.05, 0) is 0 Å². The molecule has 0 aliphatic carbocycles. The number of aliphatic hydroxyl groups is 1. The van der Waals surface area contributed by atoms with E-state index in [1.54, 1.807) is 0 Å². The summed E-state index contributed by atoms with van der Waals surface area (Å²) < 4.78 is 4.59. The van der Waals surface area contributed by atoms with Crippen LogP contribution in [0.4, 0.5) is 0 Å². The van der Waals surface area contributed by atoms with Crippen molar-refractivity contribution in [1.29, 1.82) is 0 Å². The first-order valence-corrected chi connectivity index (χ1v) is 3.84. The monoisotopic (exact) mass is 202 g/mol. The van der Waals surface area contributed by atoms with Gasteiger partial charge in [-0.25, -0.2) is 0 Å². The van der Waals surface area contributed by atoms with Gasteiger partial charge >= 0.3 is 5.97 Å². The number of nitrogens with two attached hydrogens (primary N) is 1. The van der Waals surface area contributed by atoms with Crippen LogP contribution in [0.2, 0.25) is 0 Å². The van der Waals surface area contributed by atoms with Crippen molar-refractivity contribution in [1.82, 2.24) is 5.16 Å². The second-order valence-corrected chi connectivity index (χ2v) is 2.74. The summed E-state index contributed by atoms with van der Waals surface area (Å²) >= 11 is 0. The summed E-state index contributed by atoms with van der Waals surface area (Å²) in [6, 6.07) is -1.18. The molecule has 1 aromatic heterocycles. The summed E-state index contributed by atoms with van der Waals surface area (Å²) in [5.41, 5.74) is 4.73. The van der Waals surface area contributed by atoms with Crippen molar-refractivity contribution in [3.05, 3.63) is 21.7 Å². The third-order valence-electron chi connectivity index (χ3n) is 1.76. The molecule has 0 aromatic carbocycles. The molecule has 0 saturated carbocycles. The molecule has 14 heavy (non-hydrogen) atoms. The normalized spacial score (nSPS) is 12.7. The fraction of sp³-hybridized carbons (Fsp3) is 0.429. The van der Waals surface area contributed by atoms with Crippen molar-refractivity contribution in [2.75, 3.05) is 0 Å². The third kappa shape index (κ3) is 2.01. The molecule has 1 rings (SSSR count). The van der Waals surface area contributed by atoms with E-state index in [9.17, 15) is 9.59 Å². The number of H-pyrrole nitrogens is 1. The Kier molecular flexibility index (Phi) is 3.05. The standard InChI is InChI=1S/C7H10N2O5/c8-4(7(12)13)1-3-5(2-10)14-9-6(3)11/h4,10H,1-2,8H2,(H,9,11)(H,12,13)/t4-/m1/s1. The Morgan fingerprint density at radius 3 is 2.79 bits per heavy atom. The lowest BCUT2D eigenvalue weighted by Crippen LogP contribution is -2.34. The van der Waals surface area contributed by atoms with Gasteiger partial charge in [-0.2, -0.15) is 5.16 Å². The molecule has 0 fully saturated rings. The maximum Gasteiger partial charge on any atom is 0.320 e. The number of nitrogens with one attached hydrogen (secondary N) is 1. The Labute approximate surface area is 78.1 Å². The minimum atomic E-state index is -1.21. The Balaban J connectivity index is 2.90. The number of aromatic nitrogens is 1. The number of hydrogen-bond donors (Lipinski definition) is 4. The number of aromatic amines is 1. The Bertz CT molecular complexity index is 380. The van der Waals surface area contributed by atoms with Gasteiger partial charge in [0, 0.05) is 6.42 Å². The van der Waals surface area contributed by atoms with Gasteiger partial charge in [0.05, 0.1) is 5.56 Å². The molecular formula is C7H10N2O5. The first kappa shape index (κ1) is 10.5. The zero-order valence-corrected chi connectivity index (χ0v) is 7.19. The van der Waals surface area contributed by atoms with Crippen molar-refractivity contribution in [3.8, 4) is 0 Å². The highest BCUT2D eigenvalue weighted by molar-refractivity contribution is 5.73. The van der Waals surface area contributed by atoms with E-state index in [0.717, 1.165) is 0 Å². The zero-order chi connectivity index (χ0) is 10.7. The molecule has 0 bridgehead atoms. The first-order valence-electron chi connectivity index (χ1n) is 3.84. The minimum Gasteiger partial charge on any atom is -0.480 e. The predicted molar refractivity (Wildman–Crippen MR) is 44.6 cm³/mol. The largest absolute Gasteiger partial charge is 0.480 e. The second-order valence-electron chi connectivity index (χ2n) is 2.74. The van der Waals surface area contributed by atoms with Crippen LogP contribution in [0, 0.1) is 0 Å². The second kappa shape index (κ2) is 4.07. The average molecular weight is 202 g/mol. The molecule has 0 spiro atoms. The summed E-state index contributed by atoms with van der Waals surface area (Å²) in [5, 5.41) is 19.2. The van der Waals surface area contributed by atoms with Gasteiger partial charge in [-0.15, -0.1) is 0 Å². The van der Waals surface area contributed by atoms with E-state index in [0.29, 0.717) is 0 Å². The van der Waals surface area contributed by atoms with Gasteiger partial charge in [-0.1, -0.05) is 0 Å². The quantitative estimate of drug-likeness (QED) is 0.466. The highest BCUT2D eigenvalue weighted by Crippen LogP contribution is 2.05. The van der Waals surface area contributed by atoms with Crippen molar-refractivity contribution >= 4 is 5.97 Å². The molecule has 5 N–H and O–H groups in total. The van der Waals surface area contributed by atoms with E-state index in [1.807, 2.05) is 5.16 Å². The van der Waals surface area contributed by atoms with Crippen LogP contribution in [-0.2, 0) is 17.8 Å². The highest BCUT2D eigenvalue weighted by atomic mass is 16.5. The van der Waals surface area contributed by atoms with Crippen molar-refractivity contribution in [3.63, 3.8) is 0 Å². The van der Waals surface area contributed by atoms with E-state index >= 15 is 0 Å².